The fourth-order valence-electron chi connectivity index (χ4n) is 11.1. The molecule has 0 aliphatic heterocycles. The van der Waals surface area contributed by atoms with Crippen LogP contribution in [-0.4, -0.2) is 48.8 Å². The second-order valence-electron chi connectivity index (χ2n) is 14.9. The second-order valence-corrected chi connectivity index (χ2v) is 16.9. The van der Waals surface area contributed by atoms with Crippen molar-refractivity contribution in [3.63, 3.8) is 0 Å². The van der Waals surface area contributed by atoms with Crippen molar-refractivity contribution in [2.75, 3.05) is 6.61 Å². The largest absolute Gasteiger partial charge is 0.449 e. The summed E-state index contributed by atoms with van der Waals surface area (Å²) in [5.74, 6) is 3.20. The summed E-state index contributed by atoms with van der Waals surface area (Å²) in [6, 6.07) is 0. The minimum Gasteiger partial charge on any atom is -0.449 e. The molecular weight excluding hydrogens is 526 g/mol. The van der Waals surface area contributed by atoms with E-state index in [0.717, 1.165) is 51.4 Å². The van der Waals surface area contributed by atoms with Crippen LogP contribution in [0.3, 0.4) is 0 Å². The highest BCUT2D eigenvalue weighted by atomic mass is 32.2. The number of aliphatic hydroxyl groups excluding tert-OH is 2. The van der Waals surface area contributed by atoms with E-state index in [1.807, 2.05) is 0 Å². The predicted molar refractivity (Wildman–Crippen MR) is 156 cm³/mol. The Hall–Kier alpha value is -0.860. The van der Waals surface area contributed by atoms with Crippen LogP contribution in [0.1, 0.15) is 118 Å². The molecule has 5 aliphatic rings. The van der Waals surface area contributed by atoms with Gasteiger partial charge in [-0.15, -0.1) is 0 Å². The lowest BCUT2D eigenvalue weighted by molar-refractivity contribution is -0.203. The van der Waals surface area contributed by atoms with Crippen LogP contribution in [0.4, 0.5) is 4.79 Å². The molecule has 0 bridgehead atoms. The summed E-state index contributed by atoms with van der Waals surface area (Å²) < 4.78 is 32.1. The Kier molecular flexibility index (Phi) is 8.93. The van der Waals surface area contributed by atoms with E-state index >= 15 is 0 Å². The lowest BCUT2D eigenvalue weighted by atomic mass is 9.41. The average molecular weight is 582 g/mol. The molecule has 3 N–H and O–H groups in total. The summed E-state index contributed by atoms with van der Waals surface area (Å²) in [4.78, 5) is 12.2. The van der Waals surface area contributed by atoms with E-state index in [1.54, 1.807) is 0 Å². The van der Waals surface area contributed by atoms with Crippen molar-refractivity contribution in [2.24, 2.45) is 52.3 Å². The zero-order valence-electron chi connectivity index (χ0n) is 25.3. The molecule has 5 unspecified atom stereocenters. The van der Waals surface area contributed by atoms with E-state index in [4.69, 9.17) is 4.74 Å². The topological polar surface area (TPSA) is 113 Å². The molecule has 0 spiro atoms. The SMILES string of the molecule is CC[C@@H]1C2C[C@H](O)CC[C@]2(C)C2CC[C@@]3(C)C(CCC3[C@H](C)CCCOC(=O)NS(=O)(=O)C3CCCC3)C2[C@@H]1O. The Morgan fingerprint density at radius 1 is 0.975 bits per heavy atom. The van der Waals surface area contributed by atoms with Crippen LogP contribution in [-0.2, 0) is 14.8 Å². The summed E-state index contributed by atoms with van der Waals surface area (Å²) in [7, 11) is -3.64. The summed E-state index contributed by atoms with van der Waals surface area (Å²) in [5.41, 5.74) is 0.433. The zero-order valence-corrected chi connectivity index (χ0v) is 26.1. The lowest BCUT2D eigenvalue weighted by Gasteiger charge is -2.64. The van der Waals surface area contributed by atoms with E-state index in [0.29, 0.717) is 48.3 Å². The molecule has 40 heavy (non-hydrogen) atoms. The Morgan fingerprint density at radius 3 is 2.35 bits per heavy atom. The maximum Gasteiger partial charge on any atom is 0.420 e. The Labute approximate surface area is 242 Å². The highest BCUT2D eigenvalue weighted by Gasteiger charge is 2.64. The average Bonchev–Trinajstić information content (AvgIpc) is 3.56. The van der Waals surface area contributed by atoms with Crippen LogP contribution in [0.5, 0.6) is 0 Å². The third kappa shape index (κ3) is 5.36. The highest BCUT2D eigenvalue weighted by Crippen LogP contribution is 2.69. The van der Waals surface area contributed by atoms with E-state index in [9.17, 15) is 23.4 Å². The molecule has 0 aromatic heterocycles. The monoisotopic (exact) mass is 581 g/mol. The molecule has 1 amide bonds. The van der Waals surface area contributed by atoms with Gasteiger partial charge in [-0.1, -0.05) is 47.0 Å². The number of ether oxygens (including phenoxy) is 1. The fraction of sp³-hybridized carbons (Fsp3) is 0.969. The van der Waals surface area contributed by atoms with Gasteiger partial charge in [0.25, 0.3) is 0 Å². The van der Waals surface area contributed by atoms with Gasteiger partial charge in [-0.25, -0.2) is 17.9 Å². The van der Waals surface area contributed by atoms with Gasteiger partial charge in [-0.3, -0.25) is 0 Å². The molecule has 7 nitrogen and oxygen atoms in total. The van der Waals surface area contributed by atoms with Crippen LogP contribution < -0.4 is 4.72 Å². The van der Waals surface area contributed by atoms with E-state index < -0.39 is 21.4 Å². The minimum absolute atomic E-state index is 0.213. The predicted octanol–water partition coefficient (Wildman–Crippen LogP) is 6.03. The minimum atomic E-state index is -3.64. The number of rotatable bonds is 8. The highest BCUT2D eigenvalue weighted by molar-refractivity contribution is 7.90. The number of fused-ring (bicyclic) bond motifs is 5. The summed E-state index contributed by atoms with van der Waals surface area (Å²) >= 11 is 0. The van der Waals surface area contributed by atoms with Crippen molar-refractivity contribution in [1.82, 2.24) is 4.72 Å². The number of carbonyl (C=O) groups is 1. The molecule has 8 heteroatoms. The lowest BCUT2D eigenvalue weighted by Crippen LogP contribution is -2.62. The van der Waals surface area contributed by atoms with Crippen molar-refractivity contribution in [1.29, 1.82) is 0 Å². The summed E-state index contributed by atoms with van der Waals surface area (Å²) in [5, 5.41) is 21.9. The van der Waals surface area contributed by atoms with E-state index in [2.05, 4.69) is 32.4 Å². The third-order valence-electron chi connectivity index (χ3n) is 13.2. The number of aliphatic hydroxyl groups is 2. The van der Waals surface area contributed by atoms with Gasteiger partial charge in [0.1, 0.15) is 0 Å². The van der Waals surface area contributed by atoms with E-state index in [-0.39, 0.29) is 35.6 Å². The van der Waals surface area contributed by atoms with Gasteiger partial charge >= 0.3 is 6.09 Å². The summed E-state index contributed by atoms with van der Waals surface area (Å²) in [6.07, 6.45) is 11.9. The van der Waals surface area contributed by atoms with Crippen molar-refractivity contribution in [3.05, 3.63) is 0 Å². The summed E-state index contributed by atoms with van der Waals surface area (Å²) in [6.45, 7) is 9.77. The molecule has 0 heterocycles. The molecule has 11 atom stereocenters. The number of hydrogen-bond donors (Lipinski definition) is 3. The van der Waals surface area contributed by atoms with Crippen molar-refractivity contribution in [2.45, 2.75) is 135 Å². The van der Waals surface area contributed by atoms with Gasteiger partial charge in [0.2, 0.25) is 10.0 Å². The van der Waals surface area contributed by atoms with E-state index in [1.165, 1.54) is 25.7 Å². The van der Waals surface area contributed by atoms with Crippen LogP contribution in [0.25, 0.3) is 0 Å². The van der Waals surface area contributed by atoms with Gasteiger partial charge in [-0.05, 0) is 123 Å². The number of amides is 1. The van der Waals surface area contributed by atoms with Gasteiger partial charge < -0.3 is 14.9 Å². The first-order valence-corrected chi connectivity index (χ1v) is 18.0. The molecule has 0 radical (unpaired) electrons. The maximum atomic E-state index is 12.4. The number of sulfonamides is 1. The van der Waals surface area contributed by atoms with Crippen molar-refractivity contribution in [3.8, 4) is 0 Å². The second kappa shape index (κ2) is 11.7. The van der Waals surface area contributed by atoms with Gasteiger partial charge in [-0.2, -0.15) is 0 Å². The van der Waals surface area contributed by atoms with Crippen molar-refractivity contribution >= 4 is 16.1 Å². The molecule has 0 aromatic rings. The molecule has 0 aromatic carbocycles. The number of hydrogen-bond acceptors (Lipinski definition) is 6. The van der Waals surface area contributed by atoms with Crippen LogP contribution in [0.15, 0.2) is 0 Å². The van der Waals surface area contributed by atoms with Gasteiger partial charge in [0.05, 0.1) is 24.1 Å². The molecule has 5 aliphatic carbocycles. The molecule has 0 saturated heterocycles. The molecular formula is C32H55NO6S. The fourth-order valence-corrected chi connectivity index (χ4v) is 12.5. The molecule has 5 saturated carbocycles. The molecule has 230 valence electrons. The normalized spacial score (nSPS) is 44.4. The first-order valence-electron chi connectivity index (χ1n) is 16.5. The van der Waals surface area contributed by atoms with Gasteiger partial charge in [0, 0.05) is 0 Å². The smallest absolute Gasteiger partial charge is 0.420 e. The number of nitrogens with one attached hydrogen (secondary N) is 1. The standard InChI is InChI=1S/C32H55NO6S/c1-5-23-27-19-21(34)14-16-32(27,4)26-15-17-31(3)24(12-13-25(31)28(26)29(23)35)20(2)9-8-18-39-30(36)33-40(37,38)22-10-6-7-11-22/h20-29,34-35H,5-19H2,1-4H3,(H,33,36)/t20-,21-,23-,24?,25?,26?,27?,28?,29-,31-,32-/m1/s1. The Balaban J connectivity index is 1.18. The third-order valence-corrected chi connectivity index (χ3v) is 15.0. The number of carbonyl (C=O) groups excluding carboxylic acids is 1. The maximum absolute atomic E-state index is 12.4. The van der Waals surface area contributed by atoms with Crippen molar-refractivity contribution < 1.29 is 28.2 Å². The van der Waals surface area contributed by atoms with Crippen LogP contribution >= 0.6 is 0 Å². The zero-order chi connectivity index (χ0) is 28.9. The van der Waals surface area contributed by atoms with Crippen LogP contribution in [0, 0.1) is 52.3 Å². The quantitative estimate of drug-likeness (QED) is 0.302. The molecule has 5 rings (SSSR count). The first kappa shape index (κ1) is 30.6. The Bertz CT molecular complexity index is 1010. The van der Waals surface area contributed by atoms with Crippen LogP contribution in [0.2, 0.25) is 0 Å². The first-order chi connectivity index (χ1) is 18.9. The Morgan fingerprint density at radius 2 is 1.65 bits per heavy atom. The molecule has 5 fully saturated rings. The van der Waals surface area contributed by atoms with Gasteiger partial charge in [0.15, 0.2) is 0 Å².